The summed E-state index contributed by atoms with van der Waals surface area (Å²) in [6.07, 6.45) is 73.9. The Morgan fingerprint density at radius 3 is 1.13 bits per heavy atom. The van der Waals surface area contributed by atoms with E-state index >= 15 is 0 Å². The summed E-state index contributed by atoms with van der Waals surface area (Å²) in [6.45, 7) is 18.6. The van der Waals surface area contributed by atoms with E-state index < -0.39 is 0 Å². The van der Waals surface area contributed by atoms with Gasteiger partial charge in [-0.2, -0.15) is 0 Å². The molecule has 12 heteroatoms. The van der Waals surface area contributed by atoms with Crippen molar-refractivity contribution in [1.82, 2.24) is 25.3 Å². The number of rotatable bonds is 70. The zero-order valence-electron chi connectivity index (χ0n) is 61.9. The number of aldehydes is 2. The average Bonchev–Trinajstić information content (AvgIpc) is 3.71. The van der Waals surface area contributed by atoms with Crippen molar-refractivity contribution in [3.63, 3.8) is 0 Å². The topological polar surface area (TPSA) is 129 Å². The van der Waals surface area contributed by atoms with Crippen LogP contribution in [0.3, 0.4) is 0 Å². The van der Waals surface area contributed by atoms with Crippen molar-refractivity contribution >= 4 is 34.2 Å². The molecular formula is C79H157N5O5S2. The second kappa shape index (κ2) is 81.1. The molecule has 0 amide bonds. The van der Waals surface area contributed by atoms with Gasteiger partial charge in [0.1, 0.15) is 12.6 Å². The molecule has 5 unspecified atom stereocenters. The number of hydrogen-bond acceptors (Lipinski definition) is 12. The molecule has 0 fully saturated rings. The van der Waals surface area contributed by atoms with Gasteiger partial charge < -0.3 is 45.3 Å². The second-order valence-corrected chi connectivity index (χ2v) is 29.5. The maximum absolute atomic E-state index is 11.0. The molecule has 5 N–H and O–H groups in total. The van der Waals surface area contributed by atoms with Gasteiger partial charge in [-0.1, -0.05) is 272 Å². The summed E-state index contributed by atoms with van der Waals surface area (Å²) in [6, 6.07) is -0.0193. The third-order valence-electron chi connectivity index (χ3n) is 17.1. The first-order chi connectivity index (χ1) is 44.5. The third-order valence-corrected chi connectivity index (χ3v) is 19.6. The Morgan fingerprint density at radius 2 is 0.747 bits per heavy atom. The number of aliphatic hydroxyl groups excluding tert-OH is 3. The fourth-order valence-electron chi connectivity index (χ4n) is 11.2. The molecule has 0 radical (unpaired) electrons. The van der Waals surface area contributed by atoms with Crippen LogP contribution in [0.1, 0.15) is 324 Å². The van der Waals surface area contributed by atoms with Gasteiger partial charge in [-0.3, -0.25) is 4.90 Å². The number of allylic oxidation sites excluding steroid dienone is 8. The van der Waals surface area contributed by atoms with Gasteiger partial charge >= 0.3 is 0 Å². The van der Waals surface area contributed by atoms with Crippen molar-refractivity contribution in [2.24, 2.45) is 5.92 Å². The van der Waals surface area contributed by atoms with Gasteiger partial charge in [-0.15, -0.1) is 0 Å². The second-order valence-electron chi connectivity index (χ2n) is 26.8. The van der Waals surface area contributed by atoms with E-state index in [-0.39, 0.29) is 24.4 Å². The van der Waals surface area contributed by atoms with Crippen molar-refractivity contribution in [3.05, 3.63) is 48.6 Å². The summed E-state index contributed by atoms with van der Waals surface area (Å²) in [5.41, 5.74) is 0. The normalized spacial score (nSPS) is 13.7. The number of hydrogen-bond donors (Lipinski definition) is 5. The minimum Gasteiger partial charge on any atom is -0.392 e. The number of nitrogens with one attached hydrogen (secondary N) is 2. The van der Waals surface area contributed by atoms with E-state index in [4.69, 9.17) is 0 Å². The molecule has 0 bridgehead atoms. The number of carbonyl (C=O) groups is 2. The van der Waals surface area contributed by atoms with Gasteiger partial charge in [0.25, 0.3) is 0 Å². The van der Waals surface area contributed by atoms with E-state index in [0.29, 0.717) is 25.4 Å². The molecule has 0 aromatic carbocycles. The molecule has 0 aliphatic heterocycles. The molecule has 0 aliphatic carbocycles. The molecule has 91 heavy (non-hydrogen) atoms. The van der Waals surface area contributed by atoms with Crippen LogP contribution in [0.2, 0.25) is 0 Å². The predicted octanol–water partition coefficient (Wildman–Crippen LogP) is 20.3. The monoisotopic (exact) mass is 1320 g/mol. The van der Waals surface area contributed by atoms with Gasteiger partial charge in [0.05, 0.1) is 24.4 Å². The van der Waals surface area contributed by atoms with E-state index in [2.05, 4.69) is 123 Å². The summed E-state index contributed by atoms with van der Waals surface area (Å²) in [5, 5.41) is 38.1. The van der Waals surface area contributed by atoms with Crippen LogP contribution in [0.15, 0.2) is 48.6 Å². The molecule has 0 aromatic heterocycles. The number of likely N-dealkylation sites (N-methyl/N-ethyl adjacent to an activating group) is 3. The smallest absolute Gasteiger partial charge is 0.136 e. The molecule has 540 valence electrons. The lowest BCUT2D eigenvalue weighted by atomic mass is 10.0. The van der Waals surface area contributed by atoms with Crippen LogP contribution in [-0.2, 0) is 9.59 Å². The Morgan fingerprint density at radius 1 is 0.385 bits per heavy atom. The third kappa shape index (κ3) is 81.0. The van der Waals surface area contributed by atoms with Gasteiger partial charge in [-0.25, -0.2) is 0 Å². The Balaban J connectivity index is -0.00000168. The Bertz CT molecular complexity index is 1440. The minimum absolute atomic E-state index is 0.0193. The summed E-state index contributed by atoms with van der Waals surface area (Å²) in [7, 11) is 11.8. The van der Waals surface area contributed by atoms with Crippen LogP contribution in [0, 0.1) is 5.92 Å². The van der Waals surface area contributed by atoms with Crippen LogP contribution in [-0.4, -0.2) is 159 Å². The zero-order chi connectivity index (χ0) is 67.4. The van der Waals surface area contributed by atoms with Crippen LogP contribution in [0.25, 0.3) is 0 Å². The number of nitrogens with zero attached hydrogens (tertiary/aromatic N) is 3. The van der Waals surface area contributed by atoms with Gasteiger partial charge in [0.2, 0.25) is 0 Å². The van der Waals surface area contributed by atoms with E-state index in [1.165, 1.54) is 218 Å². The highest BCUT2D eigenvalue weighted by Gasteiger charge is 2.17. The number of aliphatic hydroxyl groups is 3. The van der Waals surface area contributed by atoms with Crippen molar-refractivity contribution in [2.45, 2.75) is 348 Å². The maximum atomic E-state index is 11.0. The molecular weight excluding hydrogens is 1160 g/mol. The van der Waals surface area contributed by atoms with E-state index in [9.17, 15) is 24.9 Å². The summed E-state index contributed by atoms with van der Waals surface area (Å²) < 4.78 is 0. The van der Waals surface area contributed by atoms with Crippen molar-refractivity contribution in [1.29, 1.82) is 0 Å². The molecule has 5 atom stereocenters. The molecule has 10 nitrogen and oxygen atoms in total. The SMILES string of the molecule is CCCCC/C=C\C/C=C\CCCCCCC(C)CN(CCCCSSCCC(C=O)NC)CC(O)CCCCCC/C=C\C/C=C\CCCCC.CCCCCCCCCCC(O)CN(CCCC=O)CC(O)CCCCCCCCCC.CNCCN(C)C. The highest BCUT2D eigenvalue weighted by atomic mass is 33.1. The lowest BCUT2D eigenvalue weighted by molar-refractivity contribution is -0.109. The van der Waals surface area contributed by atoms with Crippen molar-refractivity contribution in [2.75, 3.05) is 92.1 Å². The molecule has 0 rings (SSSR count). The number of carbonyl (C=O) groups excluding carboxylic acids is 2. The fourth-order valence-corrected chi connectivity index (χ4v) is 13.4. The van der Waals surface area contributed by atoms with Crippen LogP contribution >= 0.6 is 21.6 Å². The summed E-state index contributed by atoms with van der Waals surface area (Å²) in [4.78, 5) is 28.6. The van der Waals surface area contributed by atoms with Gasteiger partial charge in [0, 0.05) is 57.2 Å². The Labute approximate surface area is 575 Å². The first-order valence-electron chi connectivity index (χ1n) is 38.7. The fraction of sp³-hybridized carbons (Fsp3) is 0.873. The Hall–Kier alpha value is -1.32. The Kier molecular flexibility index (Phi) is 83.7. The van der Waals surface area contributed by atoms with E-state index in [1.807, 2.05) is 35.7 Å². The van der Waals surface area contributed by atoms with Gasteiger partial charge in [-0.05, 0) is 163 Å². The highest BCUT2D eigenvalue weighted by Crippen LogP contribution is 2.24. The lowest BCUT2D eigenvalue weighted by Crippen LogP contribution is -2.38. The standard InChI is InChI=1S/C46H86N2O2S2.C28H57NO3.C5H14N2/c1-5-7-9-11-13-15-17-19-21-23-25-27-29-31-35-44(3)41-48(38-33-34-39-51-52-40-37-45(43-49)47-4)42-46(50)36-32-30-28-26-24-22-20-18-16-14-12-10-8-6-2;1-3-5-7-9-11-13-15-17-21-27(31)25-29(23-19-20-24-30)26-28(32)22-18-16-14-12-10-8-6-4-2;1-6-4-5-7(2)3/h13-16,19-22,43-47,50H,5-12,17-18,23-42H2,1-4H3;24,27-28,31-32H,3-23,25-26H2,1-2H3;6H,4-5H2,1-3H3/b15-13-,16-14-,21-19-,22-20-;;. The molecule has 0 spiro atoms. The lowest BCUT2D eigenvalue weighted by Gasteiger charge is -2.28. The summed E-state index contributed by atoms with van der Waals surface area (Å²) >= 11 is 0. The molecule has 0 saturated heterocycles. The minimum atomic E-state index is -0.332. The maximum Gasteiger partial charge on any atom is 0.136 e. The van der Waals surface area contributed by atoms with Crippen molar-refractivity contribution < 1.29 is 24.9 Å². The summed E-state index contributed by atoms with van der Waals surface area (Å²) in [5.74, 6) is 2.83. The van der Waals surface area contributed by atoms with Crippen LogP contribution in [0.5, 0.6) is 0 Å². The molecule has 0 saturated carbocycles. The molecule has 0 heterocycles. The largest absolute Gasteiger partial charge is 0.392 e. The van der Waals surface area contributed by atoms with E-state index in [1.54, 1.807) is 0 Å². The van der Waals surface area contributed by atoms with Crippen LogP contribution in [0.4, 0.5) is 0 Å². The van der Waals surface area contributed by atoms with Crippen molar-refractivity contribution in [3.8, 4) is 0 Å². The van der Waals surface area contributed by atoms with Gasteiger partial charge in [0.15, 0.2) is 0 Å². The molecule has 0 aromatic rings. The first kappa shape index (κ1) is 93.9. The van der Waals surface area contributed by atoms with Crippen LogP contribution < -0.4 is 10.6 Å². The average molecular weight is 1320 g/mol. The number of unbranched alkanes of at least 4 members (excludes halogenated alkanes) is 30. The quantitative estimate of drug-likeness (QED) is 0.0172. The first-order valence-corrected chi connectivity index (χ1v) is 41.1. The zero-order valence-corrected chi connectivity index (χ0v) is 63.5. The predicted molar refractivity (Wildman–Crippen MR) is 409 cm³/mol. The molecule has 0 aliphatic rings. The van der Waals surface area contributed by atoms with E-state index in [0.717, 1.165) is 128 Å². The highest BCUT2D eigenvalue weighted by molar-refractivity contribution is 8.76.